The predicted octanol–water partition coefficient (Wildman–Crippen LogP) is 2.84. The van der Waals surface area contributed by atoms with Crippen molar-refractivity contribution in [1.82, 2.24) is 15.1 Å². The Morgan fingerprint density at radius 3 is 2.43 bits per heavy atom. The van der Waals surface area contributed by atoms with Gasteiger partial charge in [-0.1, -0.05) is 35.5 Å². The number of nitrogens with zero attached hydrogens (tertiary/aromatic N) is 4. The zero-order chi connectivity index (χ0) is 19.5. The van der Waals surface area contributed by atoms with Gasteiger partial charge < -0.3 is 19.5 Å². The van der Waals surface area contributed by atoms with Crippen molar-refractivity contribution < 1.29 is 14.1 Å². The molecule has 1 aromatic carbocycles. The van der Waals surface area contributed by atoms with Crippen LogP contribution in [0.1, 0.15) is 21.9 Å². The van der Waals surface area contributed by atoms with Gasteiger partial charge in [0.25, 0.3) is 5.91 Å². The highest BCUT2D eigenvalue weighted by atomic mass is 16.5. The van der Waals surface area contributed by atoms with E-state index < -0.39 is 0 Å². The molecular weight excluding hydrogens is 358 g/mol. The van der Waals surface area contributed by atoms with E-state index >= 15 is 0 Å². The Morgan fingerprint density at radius 2 is 1.75 bits per heavy atom. The van der Waals surface area contributed by atoms with E-state index in [1.54, 1.807) is 6.07 Å². The van der Waals surface area contributed by atoms with E-state index in [0.29, 0.717) is 42.0 Å². The number of carbonyl (C=O) groups excluding carboxylic acids is 1. The zero-order valence-electron chi connectivity index (χ0n) is 15.8. The first kappa shape index (κ1) is 18.1. The molecule has 1 fully saturated rings. The van der Waals surface area contributed by atoms with Crippen LogP contribution in [0.2, 0.25) is 0 Å². The van der Waals surface area contributed by atoms with Crippen LogP contribution in [0.15, 0.2) is 40.9 Å². The number of anilines is 2. The van der Waals surface area contributed by atoms with E-state index in [9.17, 15) is 4.79 Å². The van der Waals surface area contributed by atoms with Gasteiger partial charge in [0.1, 0.15) is 0 Å². The quantitative estimate of drug-likeness (QED) is 0.745. The summed E-state index contributed by atoms with van der Waals surface area (Å²) < 4.78 is 10.7. The summed E-state index contributed by atoms with van der Waals surface area (Å²) >= 11 is 0. The number of hydrogen-bond donors (Lipinski definition) is 1. The molecule has 8 nitrogen and oxygen atoms in total. The molecule has 1 amide bonds. The Hall–Kier alpha value is -3.26. The summed E-state index contributed by atoms with van der Waals surface area (Å²) in [6.07, 6.45) is 0. The van der Waals surface area contributed by atoms with Crippen molar-refractivity contribution in [2.45, 2.75) is 13.8 Å². The number of ether oxygens (including phenoxy) is 1. The lowest BCUT2D eigenvalue weighted by molar-refractivity contribution is 0.101. The lowest BCUT2D eigenvalue weighted by Gasteiger charge is -2.27. The van der Waals surface area contributed by atoms with E-state index in [1.807, 2.05) is 44.2 Å². The number of carbonyl (C=O) groups is 1. The molecule has 1 saturated heterocycles. The second-order valence-electron chi connectivity index (χ2n) is 6.57. The first-order chi connectivity index (χ1) is 13.6. The van der Waals surface area contributed by atoms with Crippen LogP contribution in [0.3, 0.4) is 0 Å². The molecule has 0 unspecified atom stereocenters. The largest absolute Gasteiger partial charge is 0.378 e. The Kier molecular flexibility index (Phi) is 5.03. The standard InChI is InChI=1S/C20H21N5O3/c1-13-18(14(2)22-20(21-13)25-8-10-27-11-9-25)23-19(26)16-12-17(28-24-16)15-6-4-3-5-7-15/h3-7,12H,8-11H2,1-2H3,(H,23,26). The summed E-state index contributed by atoms with van der Waals surface area (Å²) in [6, 6.07) is 11.1. The molecule has 1 aliphatic rings. The fourth-order valence-electron chi connectivity index (χ4n) is 3.08. The molecule has 0 spiro atoms. The molecule has 3 heterocycles. The Labute approximate surface area is 162 Å². The summed E-state index contributed by atoms with van der Waals surface area (Å²) in [5.41, 5.74) is 3.06. The fraction of sp³-hybridized carbons (Fsp3) is 0.300. The van der Waals surface area contributed by atoms with Gasteiger partial charge in [0, 0.05) is 24.7 Å². The van der Waals surface area contributed by atoms with Crippen molar-refractivity contribution in [3.8, 4) is 11.3 Å². The normalized spacial score (nSPS) is 14.1. The van der Waals surface area contributed by atoms with Gasteiger partial charge in [-0.2, -0.15) is 0 Å². The second kappa shape index (κ2) is 7.77. The van der Waals surface area contributed by atoms with Crippen molar-refractivity contribution in [2.24, 2.45) is 0 Å². The van der Waals surface area contributed by atoms with Gasteiger partial charge in [0.05, 0.1) is 30.3 Å². The number of benzene rings is 1. The van der Waals surface area contributed by atoms with Gasteiger partial charge in [0.15, 0.2) is 11.5 Å². The molecule has 28 heavy (non-hydrogen) atoms. The van der Waals surface area contributed by atoms with Gasteiger partial charge in [0.2, 0.25) is 5.95 Å². The fourth-order valence-corrected chi connectivity index (χ4v) is 3.08. The van der Waals surface area contributed by atoms with Gasteiger partial charge in [-0.05, 0) is 13.8 Å². The van der Waals surface area contributed by atoms with E-state index in [0.717, 1.165) is 18.7 Å². The van der Waals surface area contributed by atoms with E-state index in [-0.39, 0.29) is 11.6 Å². The molecule has 144 valence electrons. The smallest absolute Gasteiger partial charge is 0.277 e. The van der Waals surface area contributed by atoms with Crippen molar-refractivity contribution >= 4 is 17.5 Å². The van der Waals surface area contributed by atoms with Crippen LogP contribution in [0.25, 0.3) is 11.3 Å². The van der Waals surface area contributed by atoms with Crippen LogP contribution in [0.4, 0.5) is 11.6 Å². The highest BCUT2D eigenvalue weighted by molar-refractivity contribution is 6.03. The third-order valence-electron chi connectivity index (χ3n) is 4.59. The topological polar surface area (TPSA) is 93.4 Å². The minimum atomic E-state index is -0.361. The summed E-state index contributed by atoms with van der Waals surface area (Å²) in [4.78, 5) is 23.8. The van der Waals surface area contributed by atoms with Gasteiger partial charge in [-0.3, -0.25) is 4.79 Å². The van der Waals surface area contributed by atoms with Crippen LogP contribution in [-0.2, 0) is 4.74 Å². The molecule has 0 atom stereocenters. The maximum Gasteiger partial charge on any atom is 0.277 e. The van der Waals surface area contributed by atoms with Gasteiger partial charge in [-0.15, -0.1) is 0 Å². The Balaban J connectivity index is 1.52. The minimum absolute atomic E-state index is 0.204. The van der Waals surface area contributed by atoms with Crippen LogP contribution >= 0.6 is 0 Å². The molecule has 1 aliphatic heterocycles. The van der Waals surface area contributed by atoms with Crippen LogP contribution in [-0.4, -0.2) is 47.3 Å². The third kappa shape index (κ3) is 3.72. The average Bonchev–Trinajstić information content (AvgIpc) is 3.22. The first-order valence-corrected chi connectivity index (χ1v) is 9.13. The number of morpholine rings is 1. The van der Waals surface area contributed by atoms with E-state index in [2.05, 4.69) is 25.3 Å². The molecule has 0 aliphatic carbocycles. The Bertz CT molecular complexity index is 958. The van der Waals surface area contributed by atoms with Crippen LogP contribution in [0.5, 0.6) is 0 Å². The summed E-state index contributed by atoms with van der Waals surface area (Å²) in [5.74, 6) is 0.835. The number of rotatable bonds is 4. The SMILES string of the molecule is Cc1nc(N2CCOCC2)nc(C)c1NC(=O)c1cc(-c2ccccc2)on1. The molecule has 1 N–H and O–H groups in total. The first-order valence-electron chi connectivity index (χ1n) is 9.13. The monoisotopic (exact) mass is 379 g/mol. The maximum atomic E-state index is 12.6. The van der Waals surface area contributed by atoms with E-state index in [4.69, 9.17) is 9.26 Å². The molecule has 2 aromatic heterocycles. The van der Waals surface area contributed by atoms with Crippen LogP contribution < -0.4 is 10.2 Å². The van der Waals surface area contributed by atoms with E-state index in [1.165, 1.54) is 0 Å². The van der Waals surface area contributed by atoms with Crippen LogP contribution in [0, 0.1) is 13.8 Å². The third-order valence-corrected chi connectivity index (χ3v) is 4.59. The van der Waals surface area contributed by atoms with Crippen molar-refractivity contribution in [3.05, 3.63) is 53.5 Å². The highest BCUT2D eigenvalue weighted by Gasteiger charge is 2.20. The van der Waals surface area contributed by atoms with Crippen molar-refractivity contribution in [3.63, 3.8) is 0 Å². The number of hydrogen-bond acceptors (Lipinski definition) is 7. The lowest BCUT2D eigenvalue weighted by Crippen LogP contribution is -2.37. The minimum Gasteiger partial charge on any atom is -0.378 e. The number of aryl methyl sites for hydroxylation is 2. The maximum absolute atomic E-state index is 12.6. The Morgan fingerprint density at radius 1 is 1.07 bits per heavy atom. The molecule has 0 saturated carbocycles. The lowest BCUT2D eigenvalue weighted by atomic mass is 10.1. The van der Waals surface area contributed by atoms with Gasteiger partial charge >= 0.3 is 0 Å². The van der Waals surface area contributed by atoms with Crippen molar-refractivity contribution in [2.75, 3.05) is 36.5 Å². The van der Waals surface area contributed by atoms with Gasteiger partial charge in [-0.25, -0.2) is 9.97 Å². The number of aromatic nitrogens is 3. The second-order valence-corrected chi connectivity index (χ2v) is 6.57. The molecule has 0 bridgehead atoms. The predicted molar refractivity (Wildman–Crippen MR) is 104 cm³/mol. The molecular formula is C20H21N5O3. The zero-order valence-corrected chi connectivity index (χ0v) is 15.8. The number of nitrogens with one attached hydrogen (secondary N) is 1. The molecule has 0 radical (unpaired) electrons. The molecule has 4 rings (SSSR count). The van der Waals surface area contributed by atoms with Crippen molar-refractivity contribution in [1.29, 1.82) is 0 Å². The molecule has 3 aromatic rings. The summed E-state index contributed by atoms with van der Waals surface area (Å²) in [7, 11) is 0. The highest BCUT2D eigenvalue weighted by Crippen LogP contribution is 2.23. The average molecular weight is 379 g/mol. The summed E-state index contributed by atoms with van der Waals surface area (Å²) in [5, 5.41) is 6.75. The number of amides is 1. The molecule has 8 heteroatoms. The summed E-state index contributed by atoms with van der Waals surface area (Å²) in [6.45, 7) is 6.54.